The third kappa shape index (κ3) is 5.21. The Morgan fingerprint density at radius 3 is 2.42 bits per heavy atom. The third-order valence-corrected chi connectivity index (χ3v) is 3.21. The Balaban J connectivity index is 2.89. The molecule has 0 unspecified atom stereocenters. The zero-order valence-electron chi connectivity index (χ0n) is 12.2. The molecule has 0 aliphatic rings. The minimum atomic E-state index is 0.520. The largest absolute Gasteiger partial charge is 0.370 e. The quantitative estimate of drug-likeness (QED) is 0.718. The lowest BCUT2D eigenvalue weighted by molar-refractivity contribution is 0.112. The van der Waals surface area contributed by atoms with Crippen molar-refractivity contribution in [1.29, 1.82) is 0 Å². The summed E-state index contributed by atoms with van der Waals surface area (Å²) >= 11 is 6.10. The van der Waals surface area contributed by atoms with E-state index in [1.54, 1.807) is 6.07 Å². The fraction of sp³-hybridized carbons (Fsp3) is 0.533. The fourth-order valence-corrected chi connectivity index (χ4v) is 2.11. The number of anilines is 1. The topological polar surface area (TPSA) is 23.6 Å². The number of benzene rings is 1. The highest BCUT2D eigenvalue weighted by Crippen LogP contribution is 2.23. The Morgan fingerprint density at radius 2 is 1.95 bits per heavy atom. The summed E-state index contributed by atoms with van der Waals surface area (Å²) in [6.45, 7) is 7.31. The summed E-state index contributed by atoms with van der Waals surface area (Å²) in [5, 5.41) is 0.520. The molecule has 0 bridgehead atoms. The smallest absolute Gasteiger partial charge is 0.151 e. The molecule has 1 aromatic carbocycles. The molecule has 0 radical (unpaired) electrons. The maximum Gasteiger partial charge on any atom is 0.151 e. The van der Waals surface area contributed by atoms with Crippen LogP contribution in [0.25, 0.3) is 0 Å². The predicted molar refractivity (Wildman–Crippen MR) is 82.4 cm³/mol. The van der Waals surface area contributed by atoms with Gasteiger partial charge in [0, 0.05) is 30.9 Å². The van der Waals surface area contributed by atoms with Gasteiger partial charge in [-0.3, -0.25) is 4.79 Å². The second kappa shape index (κ2) is 7.51. The SMILES string of the molecule is CC(C)CN(CCN(C)C)c1ccc(C=O)c(Cl)c1. The molecule has 3 nitrogen and oxygen atoms in total. The zero-order valence-corrected chi connectivity index (χ0v) is 12.9. The Kier molecular flexibility index (Phi) is 6.32. The van der Waals surface area contributed by atoms with Gasteiger partial charge >= 0.3 is 0 Å². The van der Waals surface area contributed by atoms with Crippen molar-refractivity contribution in [1.82, 2.24) is 4.90 Å². The molecule has 0 spiro atoms. The lowest BCUT2D eigenvalue weighted by Gasteiger charge is -2.28. The molecular weight excluding hydrogens is 260 g/mol. The van der Waals surface area contributed by atoms with E-state index in [1.165, 1.54) is 0 Å². The number of likely N-dealkylation sites (N-methyl/N-ethyl adjacent to an activating group) is 1. The highest BCUT2D eigenvalue weighted by molar-refractivity contribution is 6.33. The minimum absolute atomic E-state index is 0.520. The van der Waals surface area contributed by atoms with Crippen molar-refractivity contribution < 1.29 is 4.79 Å². The molecule has 0 aliphatic heterocycles. The van der Waals surface area contributed by atoms with E-state index < -0.39 is 0 Å². The van der Waals surface area contributed by atoms with E-state index in [-0.39, 0.29) is 0 Å². The van der Waals surface area contributed by atoms with E-state index in [9.17, 15) is 4.79 Å². The number of halogens is 1. The standard InChI is InChI=1S/C15H23ClN2O/c1-12(2)10-18(8-7-17(3)4)14-6-5-13(11-19)15(16)9-14/h5-6,9,11-12H,7-8,10H2,1-4H3. The van der Waals surface area contributed by atoms with Crippen molar-refractivity contribution in [2.24, 2.45) is 5.92 Å². The number of aldehydes is 1. The first kappa shape index (κ1) is 16.0. The summed E-state index contributed by atoms with van der Waals surface area (Å²) in [6, 6.07) is 5.63. The Morgan fingerprint density at radius 1 is 1.26 bits per heavy atom. The van der Waals surface area contributed by atoms with E-state index in [4.69, 9.17) is 11.6 Å². The van der Waals surface area contributed by atoms with Crippen LogP contribution in [0.3, 0.4) is 0 Å². The molecule has 0 N–H and O–H groups in total. The molecule has 0 fully saturated rings. The molecule has 1 aromatic rings. The van der Waals surface area contributed by atoms with E-state index in [2.05, 4.69) is 37.7 Å². The summed E-state index contributed by atoms with van der Waals surface area (Å²) in [5.74, 6) is 0.576. The van der Waals surface area contributed by atoms with E-state index >= 15 is 0 Å². The summed E-state index contributed by atoms with van der Waals surface area (Å²) in [4.78, 5) is 15.3. The summed E-state index contributed by atoms with van der Waals surface area (Å²) in [5.41, 5.74) is 1.62. The molecule has 0 amide bonds. The molecular formula is C15H23ClN2O. The number of carbonyl (C=O) groups excluding carboxylic acids is 1. The first-order chi connectivity index (χ1) is 8.93. The van der Waals surface area contributed by atoms with Crippen molar-refractivity contribution in [3.63, 3.8) is 0 Å². The van der Waals surface area contributed by atoms with Crippen molar-refractivity contribution >= 4 is 23.6 Å². The van der Waals surface area contributed by atoms with Crippen molar-refractivity contribution in [2.75, 3.05) is 38.6 Å². The Labute approximate surface area is 121 Å². The van der Waals surface area contributed by atoms with Gasteiger partial charge in [-0.2, -0.15) is 0 Å². The van der Waals surface area contributed by atoms with Gasteiger partial charge in [0.05, 0.1) is 5.02 Å². The maximum atomic E-state index is 10.8. The second-order valence-electron chi connectivity index (χ2n) is 5.47. The van der Waals surface area contributed by atoms with Crippen molar-refractivity contribution in [3.8, 4) is 0 Å². The zero-order chi connectivity index (χ0) is 14.4. The van der Waals surface area contributed by atoms with Gasteiger partial charge in [0.1, 0.15) is 0 Å². The molecule has 0 saturated heterocycles. The van der Waals surface area contributed by atoms with E-state index in [1.807, 2.05) is 12.1 Å². The minimum Gasteiger partial charge on any atom is -0.370 e. The van der Waals surface area contributed by atoms with Crippen LogP contribution in [0.5, 0.6) is 0 Å². The number of rotatable bonds is 7. The lowest BCUT2D eigenvalue weighted by Crippen LogP contribution is -2.34. The highest BCUT2D eigenvalue weighted by Gasteiger charge is 2.11. The van der Waals surface area contributed by atoms with Crippen LogP contribution in [-0.2, 0) is 0 Å². The van der Waals surface area contributed by atoms with Crippen molar-refractivity contribution in [3.05, 3.63) is 28.8 Å². The van der Waals surface area contributed by atoms with Gasteiger partial charge < -0.3 is 9.80 Å². The van der Waals surface area contributed by atoms with Crippen LogP contribution in [0.15, 0.2) is 18.2 Å². The number of carbonyl (C=O) groups is 1. The van der Waals surface area contributed by atoms with Crippen LogP contribution >= 0.6 is 11.6 Å². The maximum absolute atomic E-state index is 10.8. The monoisotopic (exact) mass is 282 g/mol. The molecule has 106 valence electrons. The molecule has 0 aromatic heterocycles. The fourth-order valence-electron chi connectivity index (χ4n) is 1.90. The average Bonchev–Trinajstić information content (AvgIpc) is 2.33. The third-order valence-electron chi connectivity index (χ3n) is 2.88. The Hall–Kier alpha value is -1.06. The highest BCUT2D eigenvalue weighted by atomic mass is 35.5. The molecule has 19 heavy (non-hydrogen) atoms. The van der Waals surface area contributed by atoms with Gasteiger partial charge in [0.2, 0.25) is 0 Å². The number of hydrogen-bond donors (Lipinski definition) is 0. The molecule has 4 heteroatoms. The summed E-state index contributed by atoms with van der Waals surface area (Å²) in [6.07, 6.45) is 0.790. The molecule has 0 atom stereocenters. The van der Waals surface area contributed by atoms with Gasteiger partial charge in [-0.1, -0.05) is 25.4 Å². The first-order valence-electron chi connectivity index (χ1n) is 6.58. The van der Waals surface area contributed by atoms with Gasteiger partial charge in [0.25, 0.3) is 0 Å². The molecule has 0 saturated carbocycles. The van der Waals surface area contributed by atoms with E-state index in [0.29, 0.717) is 16.5 Å². The van der Waals surface area contributed by atoms with Gasteiger partial charge in [-0.15, -0.1) is 0 Å². The van der Waals surface area contributed by atoms with Crippen LogP contribution in [0.1, 0.15) is 24.2 Å². The van der Waals surface area contributed by atoms with Crippen LogP contribution in [0.4, 0.5) is 5.69 Å². The summed E-state index contributed by atoms with van der Waals surface area (Å²) in [7, 11) is 4.13. The van der Waals surface area contributed by atoms with Crippen LogP contribution in [0.2, 0.25) is 5.02 Å². The normalized spacial score (nSPS) is 11.1. The molecule has 0 heterocycles. The van der Waals surface area contributed by atoms with Crippen molar-refractivity contribution in [2.45, 2.75) is 13.8 Å². The number of nitrogens with zero attached hydrogens (tertiary/aromatic N) is 2. The molecule has 1 rings (SSSR count). The van der Waals surface area contributed by atoms with Gasteiger partial charge in [0.15, 0.2) is 6.29 Å². The van der Waals surface area contributed by atoms with Crippen LogP contribution in [0, 0.1) is 5.92 Å². The Bertz CT molecular complexity index is 419. The average molecular weight is 283 g/mol. The van der Waals surface area contributed by atoms with Crippen LogP contribution < -0.4 is 4.90 Å². The van der Waals surface area contributed by atoms with Gasteiger partial charge in [-0.05, 0) is 38.2 Å². The second-order valence-corrected chi connectivity index (χ2v) is 5.87. The predicted octanol–water partition coefficient (Wildman–Crippen LogP) is 3.18. The van der Waals surface area contributed by atoms with Gasteiger partial charge in [-0.25, -0.2) is 0 Å². The van der Waals surface area contributed by atoms with Crippen LogP contribution in [-0.4, -0.2) is 44.9 Å². The molecule has 0 aliphatic carbocycles. The number of hydrogen-bond acceptors (Lipinski definition) is 3. The van der Waals surface area contributed by atoms with E-state index in [0.717, 1.165) is 31.6 Å². The lowest BCUT2D eigenvalue weighted by atomic mass is 10.1. The first-order valence-corrected chi connectivity index (χ1v) is 6.96. The summed E-state index contributed by atoms with van der Waals surface area (Å²) < 4.78 is 0.